The Kier molecular flexibility index (Phi) is 12.9. The Labute approximate surface area is 296 Å². The molecule has 1 unspecified atom stereocenters. The lowest BCUT2D eigenvalue weighted by Gasteiger charge is -2.36. The molecule has 1 fully saturated rings. The van der Waals surface area contributed by atoms with Gasteiger partial charge in [-0.25, -0.2) is 9.59 Å². The van der Waals surface area contributed by atoms with Crippen molar-refractivity contribution in [3.63, 3.8) is 0 Å². The van der Waals surface area contributed by atoms with Crippen molar-refractivity contribution < 1.29 is 57.5 Å². The first-order chi connectivity index (χ1) is 24.2. The van der Waals surface area contributed by atoms with Crippen molar-refractivity contribution in [2.75, 3.05) is 27.1 Å². The van der Waals surface area contributed by atoms with Gasteiger partial charge >= 0.3 is 29.7 Å². The Morgan fingerprint density at radius 1 is 0.902 bits per heavy atom. The summed E-state index contributed by atoms with van der Waals surface area (Å²) in [7, 11) is 0.958. The number of carboxylic acid groups (broad SMARTS) is 1. The number of carboxylic acids is 1. The minimum absolute atomic E-state index is 0.390. The lowest BCUT2D eigenvalue weighted by atomic mass is 9.85. The molecule has 1 aliphatic rings. The van der Waals surface area contributed by atoms with Crippen LogP contribution in [0.15, 0.2) is 84.9 Å². The van der Waals surface area contributed by atoms with Gasteiger partial charge in [0.05, 0.1) is 19.1 Å². The van der Waals surface area contributed by atoms with Gasteiger partial charge in [-0.15, -0.1) is 0 Å². The van der Waals surface area contributed by atoms with Crippen LogP contribution < -0.4 is 4.74 Å². The molecule has 272 valence electrons. The average Bonchev–Trinajstić information content (AvgIpc) is 3.58. The van der Waals surface area contributed by atoms with Crippen molar-refractivity contribution in [1.82, 2.24) is 4.90 Å². The fraction of sp³-hybridized carbons (Fsp3) is 0.395. The number of aryl methyl sites for hydroxylation is 1. The van der Waals surface area contributed by atoms with E-state index >= 15 is 0 Å². The molecule has 0 spiro atoms. The molecular weight excluding hydrogens is 662 g/mol. The van der Waals surface area contributed by atoms with Crippen LogP contribution in [0.1, 0.15) is 51.2 Å². The SMILES string of the molecule is COC(=O)C1(C(=O)O)OC[C@@H](C(=O)N(CC(=O)OCOC(=O)C(C)(C)C)[C@H](C)[C@H](CCc2ccccc2)c2ccc(Oc3ccccc3)cc2)O1. The molecule has 13 heteroatoms. The number of para-hydroxylation sites is 1. The normalized spacial score (nSPS) is 18.2. The second-order valence-corrected chi connectivity index (χ2v) is 13.0. The summed E-state index contributed by atoms with van der Waals surface area (Å²) in [5, 5.41) is 9.79. The Morgan fingerprint density at radius 2 is 1.51 bits per heavy atom. The van der Waals surface area contributed by atoms with Crippen molar-refractivity contribution in [1.29, 1.82) is 0 Å². The van der Waals surface area contributed by atoms with Crippen LogP contribution in [0.3, 0.4) is 0 Å². The molecular formula is C38H43NO12. The second-order valence-electron chi connectivity index (χ2n) is 13.0. The number of esters is 3. The van der Waals surface area contributed by atoms with Gasteiger partial charge in [-0.3, -0.25) is 14.4 Å². The molecule has 1 aliphatic heterocycles. The van der Waals surface area contributed by atoms with E-state index in [9.17, 15) is 29.1 Å². The van der Waals surface area contributed by atoms with E-state index in [2.05, 4.69) is 4.74 Å². The Balaban J connectivity index is 1.64. The summed E-state index contributed by atoms with van der Waals surface area (Å²) in [6.45, 7) is 4.76. The highest BCUT2D eigenvalue weighted by atomic mass is 16.8. The third-order valence-corrected chi connectivity index (χ3v) is 8.31. The topological polar surface area (TPSA) is 164 Å². The molecule has 1 saturated heterocycles. The molecule has 1 amide bonds. The number of methoxy groups -OCH3 is 1. The summed E-state index contributed by atoms with van der Waals surface area (Å²) in [6.07, 6.45) is -0.457. The third-order valence-electron chi connectivity index (χ3n) is 8.31. The predicted octanol–water partition coefficient (Wildman–Crippen LogP) is 4.87. The van der Waals surface area contributed by atoms with Crippen LogP contribution in [0.25, 0.3) is 0 Å². The van der Waals surface area contributed by atoms with E-state index < -0.39 is 79.0 Å². The fourth-order valence-corrected chi connectivity index (χ4v) is 5.46. The number of hydrogen-bond donors (Lipinski definition) is 1. The summed E-state index contributed by atoms with van der Waals surface area (Å²) >= 11 is 0. The molecule has 4 atom stereocenters. The molecule has 0 bridgehead atoms. The highest BCUT2D eigenvalue weighted by Crippen LogP contribution is 2.33. The van der Waals surface area contributed by atoms with E-state index in [1.165, 1.54) is 4.90 Å². The van der Waals surface area contributed by atoms with Gasteiger partial charge in [0, 0.05) is 12.0 Å². The number of aliphatic carboxylic acids is 1. The summed E-state index contributed by atoms with van der Waals surface area (Å²) in [5.41, 5.74) is 1.03. The maximum absolute atomic E-state index is 14.2. The monoisotopic (exact) mass is 705 g/mol. The lowest BCUT2D eigenvalue weighted by molar-refractivity contribution is -0.220. The maximum atomic E-state index is 14.2. The number of benzene rings is 3. The van der Waals surface area contributed by atoms with Crippen molar-refractivity contribution in [2.45, 2.75) is 64.4 Å². The maximum Gasteiger partial charge on any atom is 0.379 e. The van der Waals surface area contributed by atoms with Gasteiger partial charge in [-0.05, 0) is 75.9 Å². The first kappa shape index (κ1) is 38.5. The Morgan fingerprint density at radius 3 is 2.10 bits per heavy atom. The van der Waals surface area contributed by atoms with E-state index in [-0.39, 0.29) is 0 Å². The van der Waals surface area contributed by atoms with Gasteiger partial charge in [-0.2, -0.15) is 0 Å². The number of hydrogen-bond acceptors (Lipinski definition) is 11. The lowest BCUT2D eigenvalue weighted by Crippen LogP contribution is -2.52. The molecule has 0 radical (unpaired) electrons. The first-order valence-electron chi connectivity index (χ1n) is 16.4. The minimum atomic E-state index is -2.87. The number of carbonyl (C=O) groups is 5. The van der Waals surface area contributed by atoms with E-state index in [1.807, 2.05) is 72.8 Å². The summed E-state index contributed by atoms with van der Waals surface area (Å²) in [6, 6.07) is 25.6. The standard InChI is InChI=1S/C38H43NO12/c1-25(30(21-16-26-12-8-6-9-13-26)27-17-19-29(20-18-27)50-28-14-10-7-11-15-28)39(22-32(40)47-24-48-35(44)37(2,3)4)33(41)31-23-49-38(51-31,34(42)43)36(45)46-5/h6-15,17-20,25,30-31H,16,21-24H2,1-5H3,(H,42,43)/t25-,30+,31+,38?/m1/s1. The van der Waals surface area contributed by atoms with Crippen LogP contribution in [0, 0.1) is 5.41 Å². The third kappa shape index (κ3) is 9.92. The second kappa shape index (κ2) is 17.1. The minimum Gasteiger partial charge on any atom is -0.477 e. The van der Waals surface area contributed by atoms with Gasteiger partial charge in [-0.1, -0.05) is 60.7 Å². The molecule has 3 aromatic rings. The largest absolute Gasteiger partial charge is 0.477 e. The molecule has 0 aromatic heterocycles. The van der Waals surface area contributed by atoms with Crippen LogP contribution in [-0.4, -0.2) is 84.8 Å². The zero-order valence-corrected chi connectivity index (χ0v) is 29.2. The van der Waals surface area contributed by atoms with Crippen LogP contribution in [0.2, 0.25) is 0 Å². The molecule has 0 saturated carbocycles. The summed E-state index contributed by atoms with van der Waals surface area (Å²) < 4.78 is 31.5. The Hall–Kier alpha value is -5.27. The van der Waals surface area contributed by atoms with E-state index in [0.717, 1.165) is 18.2 Å². The summed E-state index contributed by atoms with van der Waals surface area (Å²) in [5.74, 6) is -7.50. The highest BCUT2D eigenvalue weighted by molar-refractivity contribution is 6.02. The number of amides is 1. The van der Waals surface area contributed by atoms with Crippen LogP contribution in [0.5, 0.6) is 11.5 Å². The van der Waals surface area contributed by atoms with Crippen LogP contribution >= 0.6 is 0 Å². The Bertz CT molecular complexity index is 1660. The van der Waals surface area contributed by atoms with E-state index in [0.29, 0.717) is 24.3 Å². The highest BCUT2D eigenvalue weighted by Gasteiger charge is 2.59. The van der Waals surface area contributed by atoms with Gasteiger partial charge in [0.1, 0.15) is 18.0 Å². The van der Waals surface area contributed by atoms with Crippen molar-refractivity contribution >= 4 is 29.8 Å². The van der Waals surface area contributed by atoms with Crippen molar-refractivity contribution in [3.05, 3.63) is 96.1 Å². The molecule has 1 heterocycles. The van der Waals surface area contributed by atoms with Gasteiger partial charge in [0.15, 0.2) is 6.10 Å². The van der Waals surface area contributed by atoms with E-state index in [1.54, 1.807) is 39.8 Å². The first-order valence-corrected chi connectivity index (χ1v) is 16.4. The smallest absolute Gasteiger partial charge is 0.379 e. The van der Waals surface area contributed by atoms with E-state index in [4.69, 9.17) is 23.7 Å². The summed E-state index contributed by atoms with van der Waals surface area (Å²) in [4.78, 5) is 65.3. The van der Waals surface area contributed by atoms with Crippen LogP contribution in [-0.2, 0) is 54.1 Å². The average molecular weight is 706 g/mol. The molecule has 3 aromatic carbocycles. The van der Waals surface area contributed by atoms with Crippen molar-refractivity contribution in [2.24, 2.45) is 5.41 Å². The van der Waals surface area contributed by atoms with Crippen LogP contribution in [0.4, 0.5) is 0 Å². The molecule has 13 nitrogen and oxygen atoms in total. The fourth-order valence-electron chi connectivity index (χ4n) is 5.46. The molecule has 51 heavy (non-hydrogen) atoms. The number of nitrogens with zero attached hydrogens (tertiary/aromatic N) is 1. The van der Waals surface area contributed by atoms with Gasteiger partial charge < -0.3 is 38.4 Å². The zero-order chi connectivity index (χ0) is 37.2. The quantitative estimate of drug-likeness (QED) is 0.130. The zero-order valence-electron chi connectivity index (χ0n) is 29.2. The molecule has 0 aliphatic carbocycles. The number of carbonyl (C=O) groups excluding carboxylic acids is 4. The molecule has 1 N–H and O–H groups in total. The molecule has 4 rings (SSSR count). The van der Waals surface area contributed by atoms with Crippen molar-refractivity contribution in [3.8, 4) is 11.5 Å². The number of rotatable bonds is 15. The van der Waals surface area contributed by atoms with Gasteiger partial charge in [0.2, 0.25) is 6.79 Å². The van der Waals surface area contributed by atoms with Gasteiger partial charge in [0.25, 0.3) is 5.91 Å². The predicted molar refractivity (Wildman–Crippen MR) is 181 cm³/mol. The number of ether oxygens (including phenoxy) is 6.